The van der Waals surface area contributed by atoms with Gasteiger partial charge in [-0.3, -0.25) is 9.79 Å². The van der Waals surface area contributed by atoms with Crippen molar-refractivity contribution >= 4 is 35.9 Å². The minimum absolute atomic E-state index is 0. The first-order chi connectivity index (χ1) is 9.24. The molecule has 0 fully saturated rings. The number of ether oxygens (including phenoxy) is 1. The Kier molecular flexibility index (Phi) is 18.0. The van der Waals surface area contributed by atoms with Crippen molar-refractivity contribution in [1.29, 1.82) is 0 Å². The van der Waals surface area contributed by atoms with Crippen LogP contribution in [0.1, 0.15) is 52.4 Å². The van der Waals surface area contributed by atoms with E-state index in [0.717, 1.165) is 44.9 Å². The molecular weight excluding hydrogens is 369 g/mol. The van der Waals surface area contributed by atoms with E-state index in [9.17, 15) is 4.79 Å². The molecule has 6 heteroatoms. The van der Waals surface area contributed by atoms with Gasteiger partial charge in [0.1, 0.15) is 0 Å². The van der Waals surface area contributed by atoms with Crippen LogP contribution in [0.15, 0.2) is 4.99 Å². The summed E-state index contributed by atoms with van der Waals surface area (Å²) in [6.07, 6.45) is 5.84. The summed E-state index contributed by atoms with van der Waals surface area (Å²) in [6.45, 7) is 6.80. The summed E-state index contributed by atoms with van der Waals surface area (Å²) in [5, 5.41) is 6.49. The highest BCUT2D eigenvalue weighted by molar-refractivity contribution is 14.0. The molecule has 0 aliphatic heterocycles. The molecular formula is C14H30IN3O2. The molecule has 0 bridgehead atoms. The number of carbonyl (C=O) groups is 1. The summed E-state index contributed by atoms with van der Waals surface area (Å²) in [6, 6.07) is 0. The van der Waals surface area contributed by atoms with Crippen LogP contribution in [0.3, 0.4) is 0 Å². The van der Waals surface area contributed by atoms with E-state index < -0.39 is 0 Å². The molecule has 2 N–H and O–H groups in total. The molecule has 5 nitrogen and oxygen atoms in total. The largest absolute Gasteiger partial charge is 0.469 e. The molecule has 0 saturated heterocycles. The fourth-order valence-electron chi connectivity index (χ4n) is 1.60. The summed E-state index contributed by atoms with van der Waals surface area (Å²) in [4.78, 5) is 15.4. The Labute approximate surface area is 140 Å². The molecule has 0 aliphatic rings. The molecule has 0 aromatic carbocycles. The summed E-state index contributed by atoms with van der Waals surface area (Å²) < 4.78 is 4.60. The van der Waals surface area contributed by atoms with E-state index in [-0.39, 0.29) is 29.9 Å². The van der Waals surface area contributed by atoms with Crippen LogP contribution in [0.2, 0.25) is 0 Å². The van der Waals surface area contributed by atoms with Gasteiger partial charge in [-0.15, -0.1) is 24.0 Å². The highest BCUT2D eigenvalue weighted by Crippen LogP contribution is 1.96. The Morgan fingerprint density at radius 2 is 1.85 bits per heavy atom. The molecule has 120 valence electrons. The molecule has 0 unspecified atom stereocenters. The number of unbranched alkanes of at least 4 members (excludes halogenated alkanes) is 3. The van der Waals surface area contributed by atoms with E-state index >= 15 is 0 Å². The summed E-state index contributed by atoms with van der Waals surface area (Å²) in [7, 11) is 1.42. The standard InChI is InChI=1S/C14H29N3O2.HI/c1-4-6-8-11-16-14(15-5-2)17-12-9-7-10-13(18)19-3;/h4-12H2,1-3H3,(H2,15,16,17);1H. The molecule has 0 rings (SSSR count). The zero-order chi connectivity index (χ0) is 14.3. The molecule has 0 heterocycles. The second-order valence-corrected chi connectivity index (χ2v) is 4.43. The fraction of sp³-hybridized carbons (Fsp3) is 0.857. The average Bonchev–Trinajstić information content (AvgIpc) is 2.42. The van der Waals surface area contributed by atoms with Crippen LogP contribution in [0.25, 0.3) is 0 Å². The third kappa shape index (κ3) is 13.9. The van der Waals surface area contributed by atoms with Crippen LogP contribution in [-0.4, -0.2) is 38.7 Å². The lowest BCUT2D eigenvalue weighted by atomic mass is 10.2. The van der Waals surface area contributed by atoms with Crippen molar-refractivity contribution in [3.8, 4) is 0 Å². The molecule has 20 heavy (non-hydrogen) atoms. The number of halogens is 1. The number of nitrogens with one attached hydrogen (secondary N) is 2. The second kappa shape index (κ2) is 16.5. The zero-order valence-electron chi connectivity index (χ0n) is 13.0. The first-order valence-electron chi connectivity index (χ1n) is 7.33. The minimum atomic E-state index is -0.139. The molecule has 0 aliphatic carbocycles. The van der Waals surface area contributed by atoms with Gasteiger partial charge in [0.05, 0.1) is 7.11 Å². The van der Waals surface area contributed by atoms with Gasteiger partial charge in [0, 0.05) is 26.1 Å². The normalized spacial score (nSPS) is 10.7. The highest BCUT2D eigenvalue weighted by atomic mass is 127. The zero-order valence-corrected chi connectivity index (χ0v) is 15.4. The summed E-state index contributed by atoms with van der Waals surface area (Å²) >= 11 is 0. The predicted octanol–water partition coefficient (Wildman–Crippen LogP) is 2.69. The van der Waals surface area contributed by atoms with Gasteiger partial charge >= 0.3 is 5.97 Å². The van der Waals surface area contributed by atoms with Gasteiger partial charge in [0.25, 0.3) is 0 Å². The topological polar surface area (TPSA) is 62.7 Å². The first kappa shape index (κ1) is 21.8. The van der Waals surface area contributed by atoms with Crippen molar-refractivity contribution in [3.63, 3.8) is 0 Å². The summed E-state index contributed by atoms with van der Waals surface area (Å²) in [5.41, 5.74) is 0. The van der Waals surface area contributed by atoms with E-state index in [2.05, 4.69) is 34.2 Å². The van der Waals surface area contributed by atoms with Gasteiger partial charge in [-0.2, -0.15) is 0 Å². The van der Waals surface area contributed by atoms with E-state index in [1.165, 1.54) is 20.0 Å². The Morgan fingerprint density at radius 3 is 2.45 bits per heavy atom. The number of hydrogen-bond acceptors (Lipinski definition) is 3. The second-order valence-electron chi connectivity index (χ2n) is 4.43. The number of aliphatic imine (C=N–C) groups is 1. The number of nitrogens with zero attached hydrogens (tertiary/aromatic N) is 1. The molecule has 0 spiro atoms. The molecule has 0 atom stereocenters. The van der Waals surface area contributed by atoms with Gasteiger partial charge in [-0.05, 0) is 26.2 Å². The smallest absolute Gasteiger partial charge is 0.305 e. The number of carbonyl (C=O) groups excluding carboxylic acids is 1. The molecule has 0 radical (unpaired) electrons. The molecule has 0 amide bonds. The SMILES string of the molecule is CCCCCN=C(NCC)NCCCCC(=O)OC.I. The summed E-state index contributed by atoms with van der Waals surface area (Å²) in [5.74, 6) is 0.733. The number of rotatable bonds is 10. The van der Waals surface area contributed by atoms with Crippen LogP contribution in [0.5, 0.6) is 0 Å². The molecule has 0 saturated carbocycles. The van der Waals surface area contributed by atoms with Crippen LogP contribution in [0, 0.1) is 0 Å². The van der Waals surface area contributed by atoms with Crippen molar-refractivity contribution in [3.05, 3.63) is 0 Å². The van der Waals surface area contributed by atoms with Crippen molar-refractivity contribution in [1.82, 2.24) is 10.6 Å². The van der Waals surface area contributed by atoms with Gasteiger partial charge in [0.2, 0.25) is 0 Å². The number of methoxy groups -OCH3 is 1. The van der Waals surface area contributed by atoms with Gasteiger partial charge in [-0.1, -0.05) is 19.8 Å². The number of hydrogen-bond donors (Lipinski definition) is 2. The third-order valence-electron chi connectivity index (χ3n) is 2.70. The average molecular weight is 399 g/mol. The lowest BCUT2D eigenvalue weighted by Crippen LogP contribution is -2.37. The van der Waals surface area contributed by atoms with Crippen molar-refractivity contribution in [2.45, 2.75) is 52.4 Å². The monoisotopic (exact) mass is 399 g/mol. The maximum absolute atomic E-state index is 10.9. The lowest BCUT2D eigenvalue weighted by molar-refractivity contribution is -0.140. The van der Waals surface area contributed by atoms with Crippen molar-refractivity contribution in [2.24, 2.45) is 4.99 Å². The Bertz CT molecular complexity index is 261. The predicted molar refractivity (Wildman–Crippen MR) is 94.8 cm³/mol. The minimum Gasteiger partial charge on any atom is -0.469 e. The molecule has 0 aromatic heterocycles. The molecule has 0 aromatic rings. The highest BCUT2D eigenvalue weighted by Gasteiger charge is 2.00. The lowest BCUT2D eigenvalue weighted by Gasteiger charge is -2.10. The van der Waals surface area contributed by atoms with E-state index in [1.54, 1.807) is 0 Å². The van der Waals surface area contributed by atoms with Crippen LogP contribution in [-0.2, 0) is 9.53 Å². The Balaban J connectivity index is 0. The van der Waals surface area contributed by atoms with E-state index in [4.69, 9.17) is 0 Å². The van der Waals surface area contributed by atoms with Crippen molar-refractivity contribution in [2.75, 3.05) is 26.7 Å². The maximum atomic E-state index is 10.9. The van der Waals surface area contributed by atoms with Gasteiger partial charge in [-0.25, -0.2) is 0 Å². The van der Waals surface area contributed by atoms with Crippen LogP contribution in [0.4, 0.5) is 0 Å². The number of guanidine groups is 1. The number of esters is 1. The fourth-order valence-corrected chi connectivity index (χ4v) is 1.60. The van der Waals surface area contributed by atoms with Crippen LogP contribution >= 0.6 is 24.0 Å². The van der Waals surface area contributed by atoms with Gasteiger partial charge < -0.3 is 15.4 Å². The Hall–Kier alpha value is -0.530. The maximum Gasteiger partial charge on any atom is 0.305 e. The van der Waals surface area contributed by atoms with Crippen LogP contribution < -0.4 is 10.6 Å². The Morgan fingerprint density at radius 1 is 1.10 bits per heavy atom. The third-order valence-corrected chi connectivity index (χ3v) is 2.70. The van der Waals surface area contributed by atoms with Gasteiger partial charge in [0.15, 0.2) is 5.96 Å². The van der Waals surface area contributed by atoms with Crippen molar-refractivity contribution < 1.29 is 9.53 Å². The first-order valence-corrected chi connectivity index (χ1v) is 7.33. The van der Waals surface area contributed by atoms with E-state index in [0.29, 0.717) is 6.42 Å². The van der Waals surface area contributed by atoms with E-state index in [1.807, 2.05) is 0 Å². The quantitative estimate of drug-likeness (QED) is 0.195.